The van der Waals surface area contributed by atoms with Crippen LogP contribution in [0.2, 0.25) is 0 Å². The van der Waals surface area contributed by atoms with Crippen LogP contribution in [0.3, 0.4) is 0 Å². The SMILES string of the molecule is Cc1cccc(Oc2cc(CCl)cc(C(C)(C)C)n2)c1F. The second kappa shape index (κ2) is 6.02. The third kappa shape index (κ3) is 3.73. The molecule has 0 aliphatic carbocycles. The minimum absolute atomic E-state index is 0.134. The molecule has 0 aliphatic heterocycles. The van der Waals surface area contributed by atoms with Crippen molar-refractivity contribution in [1.82, 2.24) is 4.98 Å². The van der Waals surface area contributed by atoms with Gasteiger partial charge in [-0.3, -0.25) is 0 Å². The summed E-state index contributed by atoms with van der Waals surface area (Å²) in [7, 11) is 0. The first-order chi connectivity index (χ1) is 9.81. The van der Waals surface area contributed by atoms with Crippen molar-refractivity contribution >= 4 is 11.6 Å². The number of rotatable bonds is 3. The Bertz CT molecular complexity index is 650. The van der Waals surface area contributed by atoms with E-state index in [2.05, 4.69) is 25.8 Å². The molecule has 0 atom stereocenters. The molecule has 0 unspecified atom stereocenters. The van der Waals surface area contributed by atoms with Gasteiger partial charge in [-0.05, 0) is 30.2 Å². The monoisotopic (exact) mass is 307 g/mol. The zero-order chi connectivity index (χ0) is 15.6. The Labute approximate surface area is 129 Å². The number of aryl methyl sites for hydroxylation is 1. The standard InChI is InChI=1S/C17H19ClFNO/c1-11-6-5-7-13(16(11)19)21-15-9-12(10-18)8-14(20-15)17(2,3)4/h5-9H,10H2,1-4H3. The number of hydrogen-bond donors (Lipinski definition) is 0. The van der Waals surface area contributed by atoms with Crippen LogP contribution in [0.25, 0.3) is 0 Å². The number of aromatic nitrogens is 1. The molecule has 2 aromatic rings. The molecule has 21 heavy (non-hydrogen) atoms. The predicted molar refractivity (Wildman–Crippen MR) is 83.7 cm³/mol. The van der Waals surface area contributed by atoms with Crippen LogP contribution in [-0.2, 0) is 11.3 Å². The maximum Gasteiger partial charge on any atom is 0.219 e. The van der Waals surface area contributed by atoms with Gasteiger partial charge in [0.2, 0.25) is 5.88 Å². The number of halogens is 2. The first-order valence-corrected chi connectivity index (χ1v) is 7.35. The normalized spacial score (nSPS) is 11.5. The predicted octanol–water partition coefficient (Wildman–Crippen LogP) is 5.36. The van der Waals surface area contributed by atoms with Crippen molar-refractivity contribution in [3.8, 4) is 11.6 Å². The van der Waals surface area contributed by atoms with Gasteiger partial charge in [-0.2, -0.15) is 0 Å². The summed E-state index contributed by atoms with van der Waals surface area (Å²) in [6, 6.07) is 8.74. The molecule has 0 spiro atoms. The molecule has 0 amide bonds. The van der Waals surface area contributed by atoms with E-state index in [-0.39, 0.29) is 17.0 Å². The summed E-state index contributed by atoms with van der Waals surface area (Å²) in [5, 5.41) is 0. The average molecular weight is 308 g/mol. The lowest BCUT2D eigenvalue weighted by Crippen LogP contribution is -2.14. The summed E-state index contributed by atoms with van der Waals surface area (Å²) < 4.78 is 19.6. The molecule has 1 heterocycles. The van der Waals surface area contributed by atoms with E-state index in [1.54, 1.807) is 31.2 Å². The van der Waals surface area contributed by atoms with Gasteiger partial charge in [-0.1, -0.05) is 32.9 Å². The lowest BCUT2D eigenvalue weighted by atomic mass is 9.91. The van der Waals surface area contributed by atoms with Crippen molar-refractivity contribution in [3.05, 3.63) is 53.0 Å². The van der Waals surface area contributed by atoms with Gasteiger partial charge in [-0.15, -0.1) is 11.6 Å². The van der Waals surface area contributed by atoms with E-state index in [1.807, 2.05) is 6.07 Å². The number of alkyl halides is 1. The van der Waals surface area contributed by atoms with E-state index in [4.69, 9.17) is 16.3 Å². The summed E-state index contributed by atoms with van der Waals surface area (Å²) in [6.07, 6.45) is 0. The summed E-state index contributed by atoms with van der Waals surface area (Å²) in [5.74, 6) is 0.530. The Morgan fingerprint density at radius 2 is 1.95 bits per heavy atom. The second-order valence-electron chi connectivity index (χ2n) is 6.07. The Balaban J connectivity index is 2.42. The molecular formula is C17H19ClFNO. The van der Waals surface area contributed by atoms with E-state index >= 15 is 0 Å². The second-order valence-corrected chi connectivity index (χ2v) is 6.34. The summed E-state index contributed by atoms with van der Waals surface area (Å²) in [6.45, 7) is 7.88. The minimum atomic E-state index is -0.368. The molecule has 1 aromatic carbocycles. The van der Waals surface area contributed by atoms with E-state index in [9.17, 15) is 4.39 Å². The van der Waals surface area contributed by atoms with Gasteiger partial charge in [0.15, 0.2) is 11.6 Å². The molecule has 0 fully saturated rings. The molecule has 0 aliphatic rings. The van der Waals surface area contributed by atoms with Crippen molar-refractivity contribution in [1.29, 1.82) is 0 Å². The molecule has 0 bridgehead atoms. The van der Waals surface area contributed by atoms with Gasteiger partial charge >= 0.3 is 0 Å². The molecule has 0 N–H and O–H groups in total. The van der Waals surface area contributed by atoms with Crippen LogP contribution in [0.5, 0.6) is 11.6 Å². The van der Waals surface area contributed by atoms with Crippen molar-refractivity contribution < 1.29 is 9.13 Å². The van der Waals surface area contributed by atoms with Gasteiger partial charge in [-0.25, -0.2) is 9.37 Å². The first-order valence-electron chi connectivity index (χ1n) is 6.81. The number of pyridine rings is 1. The van der Waals surface area contributed by atoms with Gasteiger partial charge in [0, 0.05) is 17.4 Å². The van der Waals surface area contributed by atoms with Crippen LogP contribution in [-0.4, -0.2) is 4.98 Å². The average Bonchev–Trinajstić information content (AvgIpc) is 2.42. The number of nitrogens with zero attached hydrogens (tertiary/aromatic N) is 1. The zero-order valence-electron chi connectivity index (χ0n) is 12.7. The van der Waals surface area contributed by atoms with Crippen molar-refractivity contribution in [3.63, 3.8) is 0 Å². The molecule has 0 radical (unpaired) electrons. The molecule has 0 saturated carbocycles. The Kier molecular flexibility index (Phi) is 4.52. The van der Waals surface area contributed by atoms with Crippen LogP contribution < -0.4 is 4.74 Å². The summed E-state index contributed by atoms with van der Waals surface area (Å²) >= 11 is 5.92. The highest BCUT2D eigenvalue weighted by Gasteiger charge is 2.18. The van der Waals surface area contributed by atoms with Crippen molar-refractivity contribution in [2.75, 3.05) is 0 Å². The Morgan fingerprint density at radius 1 is 1.24 bits per heavy atom. The summed E-state index contributed by atoms with van der Waals surface area (Å²) in [5.41, 5.74) is 2.17. The number of benzene rings is 1. The maximum absolute atomic E-state index is 14.0. The summed E-state index contributed by atoms with van der Waals surface area (Å²) in [4.78, 5) is 4.47. The first kappa shape index (κ1) is 15.8. The molecule has 2 rings (SSSR count). The largest absolute Gasteiger partial charge is 0.436 e. The van der Waals surface area contributed by atoms with Crippen LogP contribution in [0.1, 0.15) is 37.6 Å². The molecule has 112 valence electrons. The third-order valence-electron chi connectivity index (χ3n) is 3.16. The van der Waals surface area contributed by atoms with Crippen molar-refractivity contribution in [2.24, 2.45) is 0 Å². The lowest BCUT2D eigenvalue weighted by molar-refractivity contribution is 0.418. The van der Waals surface area contributed by atoms with E-state index in [0.717, 1.165) is 11.3 Å². The van der Waals surface area contributed by atoms with Gasteiger partial charge in [0.25, 0.3) is 0 Å². The third-order valence-corrected chi connectivity index (χ3v) is 3.46. The molecule has 4 heteroatoms. The van der Waals surface area contributed by atoms with Gasteiger partial charge < -0.3 is 4.74 Å². The smallest absolute Gasteiger partial charge is 0.219 e. The fraction of sp³-hybridized carbons (Fsp3) is 0.353. The highest BCUT2D eigenvalue weighted by atomic mass is 35.5. The zero-order valence-corrected chi connectivity index (χ0v) is 13.5. The highest BCUT2D eigenvalue weighted by molar-refractivity contribution is 6.17. The van der Waals surface area contributed by atoms with E-state index in [1.165, 1.54) is 0 Å². The molecule has 0 saturated heterocycles. The number of hydrogen-bond acceptors (Lipinski definition) is 2. The van der Waals surface area contributed by atoms with E-state index in [0.29, 0.717) is 17.3 Å². The van der Waals surface area contributed by atoms with Gasteiger partial charge in [0.05, 0.1) is 5.69 Å². The van der Waals surface area contributed by atoms with Crippen molar-refractivity contribution in [2.45, 2.75) is 39.0 Å². The molecule has 1 aromatic heterocycles. The highest BCUT2D eigenvalue weighted by Crippen LogP contribution is 2.29. The van der Waals surface area contributed by atoms with Crippen LogP contribution in [0, 0.1) is 12.7 Å². The van der Waals surface area contributed by atoms with E-state index < -0.39 is 0 Å². The maximum atomic E-state index is 14.0. The fourth-order valence-electron chi connectivity index (χ4n) is 1.88. The molecular weight excluding hydrogens is 289 g/mol. The lowest BCUT2D eigenvalue weighted by Gasteiger charge is -2.19. The van der Waals surface area contributed by atoms with Crippen LogP contribution in [0.4, 0.5) is 4.39 Å². The topological polar surface area (TPSA) is 22.1 Å². The van der Waals surface area contributed by atoms with Gasteiger partial charge in [0.1, 0.15) is 0 Å². The van der Waals surface area contributed by atoms with Crippen LogP contribution in [0.15, 0.2) is 30.3 Å². The Hall–Kier alpha value is -1.61. The quantitative estimate of drug-likeness (QED) is 0.712. The van der Waals surface area contributed by atoms with Crippen LogP contribution >= 0.6 is 11.6 Å². The minimum Gasteiger partial charge on any atom is -0.436 e. The molecule has 2 nitrogen and oxygen atoms in total. The Morgan fingerprint density at radius 3 is 2.57 bits per heavy atom. The number of ether oxygens (including phenoxy) is 1. The fourth-order valence-corrected chi connectivity index (χ4v) is 2.04.